The third-order valence-corrected chi connectivity index (χ3v) is 4.22. The summed E-state index contributed by atoms with van der Waals surface area (Å²) in [6.45, 7) is 7.98. The van der Waals surface area contributed by atoms with Gasteiger partial charge in [-0.25, -0.2) is 4.98 Å². The topological polar surface area (TPSA) is 57.3 Å². The highest BCUT2D eigenvalue weighted by Crippen LogP contribution is 2.14. The number of thiazole rings is 1. The molecule has 2 heterocycles. The predicted octanol–water partition coefficient (Wildman–Crippen LogP) is 0.731. The summed E-state index contributed by atoms with van der Waals surface area (Å²) < 4.78 is 0. The normalized spacial score (nSPS) is 16.5. The van der Waals surface area contributed by atoms with Crippen molar-refractivity contribution in [1.82, 2.24) is 20.5 Å². The number of carbonyl (C=O) groups excluding carboxylic acids is 1. The van der Waals surface area contributed by atoms with Crippen molar-refractivity contribution in [3.63, 3.8) is 0 Å². The standard InChI is InChI=1S/C13H22N4OS/c1-2-3-12-16-10-11(19-12)13(18)15-6-9-17-7-4-14-5-8-17/h10,14H,2-9H2,1H3,(H,15,18). The highest BCUT2D eigenvalue weighted by Gasteiger charge is 2.12. The van der Waals surface area contributed by atoms with Gasteiger partial charge in [0.15, 0.2) is 0 Å². The zero-order valence-corrected chi connectivity index (χ0v) is 12.3. The maximum atomic E-state index is 11.9. The van der Waals surface area contributed by atoms with Crippen molar-refractivity contribution in [3.05, 3.63) is 16.1 Å². The Labute approximate surface area is 118 Å². The van der Waals surface area contributed by atoms with E-state index < -0.39 is 0 Å². The summed E-state index contributed by atoms with van der Waals surface area (Å²) in [5, 5.41) is 7.34. The van der Waals surface area contributed by atoms with Crippen molar-refractivity contribution in [3.8, 4) is 0 Å². The van der Waals surface area contributed by atoms with Gasteiger partial charge >= 0.3 is 0 Å². The molecule has 1 saturated heterocycles. The van der Waals surface area contributed by atoms with E-state index in [2.05, 4.69) is 27.4 Å². The first-order chi connectivity index (χ1) is 9.29. The summed E-state index contributed by atoms with van der Waals surface area (Å²) in [4.78, 5) is 19.3. The van der Waals surface area contributed by atoms with Crippen LogP contribution in [0.2, 0.25) is 0 Å². The largest absolute Gasteiger partial charge is 0.350 e. The molecule has 0 bridgehead atoms. The number of hydrogen-bond acceptors (Lipinski definition) is 5. The molecule has 0 aromatic carbocycles. The van der Waals surface area contributed by atoms with E-state index in [1.54, 1.807) is 6.20 Å². The first kappa shape index (κ1) is 14.4. The highest BCUT2D eigenvalue weighted by molar-refractivity contribution is 7.13. The monoisotopic (exact) mass is 282 g/mol. The molecule has 2 rings (SSSR count). The number of amides is 1. The van der Waals surface area contributed by atoms with Gasteiger partial charge in [0.2, 0.25) is 0 Å². The molecule has 0 unspecified atom stereocenters. The van der Waals surface area contributed by atoms with Crippen LogP contribution in [0.4, 0.5) is 0 Å². The van der Waals surface area contributed by atoms with Crippen molar-refractivity contribution in [2.45, 2.75) is 19.8 Å². The van der Waals surface area contributed by atoms with Gasteiger partial charge in [-0.15, -0.1) is 11.3 Å². The molecular weight excluding hydrogens is 260 g/mol. The van der Waals surface area contributed by atoms with E-state index in [1.165, 1.54) is 11.3 Å². The minimum atomic E-state index is 0.00925. The molecule has 1 amide bonds. The summed E-state index contributed by atoms with van der Waals surface area (Å²) in [6.07, 6.45) is 3.71. The second-order valence-electron chi connectivity index (χ2n) is 4.72. The molecule has 106 valence electrons. The quantitative estimate of drug-likeness (QED) is 0.808. The van der Waals surface area contributed by atoms with Gasteiger partial charge in [0.25, 0.3) is 5.91 Å². The average Bonchev–Trinajstić information content (AvgIpc) is 2.89. The Balaban J connectivity index is 1.70. The van der Waals surface area contributed by atoms with Crippen molar-refractivity contribution < 1.29 is 4.79 Å². The lowest BCUT2D eigenvalue weighted by atomic mass is 10.3. The van der Waals surface area contributed by atoms with Crippen molar-refractivity contribution >= 4 is 17.2 Å². The van der Waals surface area contributed by atoms with Crippen LogP contribution in [0.25, 0.3) is 0 Å². The van der Waals surface area contributed by atoms with E-state index >= 15 is 0 Å². The van der Waals surface area contributed by atoms with Crippen LogP contribution in [0.3, 0.4) is 0 Å². The second kappa shape index (κ2) is 7.57. The van der Waals surface area contributed by atoms with Gasteiger partial charge in [0, 0.05) is 39.3 Å². The van der Waals surface area contributed by atoms with E-state index in [0.717, 1.165) is 55.5 Å². The smallest absolute Gasteiger partial charge is 0.263 e. The van der Waals surface area contributed by atoms with E-state index in [-0.39, 0.29) is 5.91 Å². The van der Waals surface area contributed by atoms with Crippen LogP contribution in [0.1, 0.15) is 28.0 Å². The lowest BCUT2D eigenvalue weighted by molar-refractivity contribution is 0.0951. The van der Waals surface area contributed by atoms with Crippen molar-refractivity contribution in [2.75, 3.05) is 39.3 Å². The summed E-state index contributed by atoms with van der Waals surface area (Å²) in [7, 11) is 0. The van der Waals surface area contributed by atoms with Crippen LogP contribution in [-0.2, 0) is 6.42 Å². The van der Waals surface area contributed by atoms with Crippen molar-refractivity contribution in [1.29, 1.82) is 0 Å². The van der Waals surface area contributed by atoms with Crippen LogP contribution in [0, 0.1) is 0 Å². The number of aryl methyl sites for hydroxylation is 1. The van der Waals surface area contributed by atoms with Crippen LogP contribution in [-0.4, -0.2) is 55.1 Å². The van der Waals surface area contributed by atoms with Gasteiger partial charge < -0.3 is 10.6 Å². The number of carbonyl (C=O) groups is 1. The third kappa shape index (κ3) is 4.56. The Morgan fingerprint density at radius 1 is 1.53 bits per heavy atom. The molecule has 0 spiro atoms. The van der Waals surface area contributed by atoms with Crippen LogP contribution in [0.5, 0.6) is 0 Å². The molecule has 0 radical (unpaired) electrons. The molecule has 6 heteroatoms. The minimum Gasteiger partial charge on any atom is -0.350 e. The second-order valence-corrected chi connectivity index (χ2v) is 5.83. The first-order valence-corrected chi connectivity index (χ1v) is 7.77. The molecule has 2 N–H and O–H groups in total. The van der Waals surface area contributed by atoms with E-state index in [1.807, 2.05) is 0 Å². The minimum absolute atomic E-state index is 0.00925. The maximum Gasteiger partial charge on any atom is 0.263 e. The molecule has 1 aromatic rings. The molecule has 0 atom stereocenters. The SMILES string of the molecule is CCCc1ncc(C(=O)NCCN2CCNCC2)s1. The molecule has 5 nitrogen and oxygen atoms in total. The van der Waals surface area contributed by atoms with Gasteiger partial charge in [0.1, 0.15) is 4.88 Å². The van der Waals surface area contributed by atoms with E-state index in [9.17, 15) is 4.79 Å². The zero-order valence-electron chi connectivity index (χ0n) is 11.4. The van der Waals surface area contributed by atoms with Crippen LogP contribution >= 0.6 is 11.3 Å². The number of rotatable bonds is 6. The molecule has 1 fully saturated rings. The van der Waals surface area contributed by atoms with Crippen LogP contribution in [0.15, 0.2) is 6.20 Å². The van der Waals surface area contributed by atoms with Gasteiger partial charge in [-0.05, 0) is 12.8 Å². The Morgan fingerprint density at radius 3 is 3.05 bits per heavy atom. The summed E-state index contributed by atoms with van der Waals surface area (Å²) >= 11 is 1.50. The number of nitrogens with one attached hydrogen (secondary N) is 2. The fraction of sp³-hybridized carbons (Fsp3) is 0.692. The number of nitrogens with zero attached hydrogens (tertiary/aromatic N) is 2. The summed E-state index contributed by atoms with van der Waals surface area (Å²) in [5.41, 5.74) is 0. The predicted molar refractivity (Wildman–Crippen MR) is 77.8 cm³/mol. The molecule has 1 aromatic heterocycles. The molecular formula is C13H22N4OS. The third-order valence-electron chi connectivity index (χ3n) is 3.16. The summed E-state index contributed by atoms with van der Waals surface area (Å²) in [5.74, 6) is 0.00925. The Bertz CT molecular complexity index is 401. The Kier molecular flexibility index (Phi) is 5.75. The molecule has 1 aliphatic heterocycles. The molecule has 0 aliphatic carbocycles. The average molecular weight is 282 g/mol. The first-order valence-electron chi connectivity index (χ1n) is 6.95. The van der Waals surface area contributed by atoms with Gasteiger partial charge in [-0.1, -0.05) is 6.92 Å². The van der Waals surface area contributed by atoms with E-state index in [0.29, 0.717) is 6.54 Å². The lowest BCUT2D eigenvalue weighted by Gasteiger charge is -2.26. The van der Waals surface area contributed by atoms with Crippen LogP contribution < -0.4 is 10.6 Å². The Morgan fingerprint density at radius 2 is 2.32 bits per heavy atom. The fourth-order valence-corrected chi connectivity index (χ4v) is 3.03. The van der Waals surface area contributed by atoms with Gasteiger partial charge in [-0.3, -0.25) is 9.69 Å². The zero-order chi connectivity index (χ0) is 13.5. The number of aromatic nitrogens is 1. The lowest BCUT2D eigenvalue weighted by Crippen LogP contribution is -2.46. The van der Waals surface area contributed by atoms with Crippen molar-refractivity contribution in [2.24, 2.45) is 0 Å². The molecule has 1 aliphatic rings. The fourth-order valence-electron chi connectivity index (χ4n) is 2.09. The Hall–Kier alpha value is -0.980. The van der Waals surface area contributed by atoms with E-state index in [4.69, 9.17) is 0 Å². The number of piperazine rings is 1. The highest BCUT2D eigenvalue weighted by atomic mass is 32.1. The maximum absolute atomic E-state index is 11.9. The van der Waals surface area contributed by atoms with Gasteiger partial charge in [0.05, 0.1) is 11.2 Å². The molecule has 19 heavy (non-hydrogen) atoms. The number of hydrogen-bond donors (Lipinski definition) is 2. The summed E-state index contributed by atoms with van der Waals surface area (Å²) in [6, 6.07) is 0. The molecule has 0 saturated carbocycles. The van der Waals surface area contributed by atoms with Gasteiger partial charge in [-0.2, -0.15) is 0 Å².